The molecule has 0 bridgehead atoms. The molecule has 1 heterocycles. The average Bonchev–Trinajstić information content (AvgIpc) is 2.72. The lowest BCUT2D eigenvalue weighted by Crippen LogP contribution is -2.41. The van der Waals surface area contributed by atoms with Crippen molar-refractivity contribution in [1.82, 2.24) is 5.32 Å². The molecule has 4 atom stereocenters. The number of rotatable bonds is 3. The van der Waals surface area contributed by atoms with Gasteiger partial charge in [-0.2, -0.15) is 0 Å². The number of hydrogen-bond donors (Lipinski definition) is 1. The Labute approximate surface area is 112 Å². The first-order valence-corrected chi connectivity index (χ1v) is 7.38. The van der Waals surface area contributed by atoms with Gasteiger partial charge in [0.1, 0.15) is 5.76 Å². The topological polar surface area (TPSA) is 25.2 Å². The molecule has 0 aliphatic heterocycles. The van der Waals surface area contributed by atoms with Crippen LogP contribution in [0.1, 0.15) is 51.8 Å². The first-order chi connectivity index (χ1) is 8.08. The Morgan fingerprint density at radius 3 is 2.76 bits per heavy atom. The van der Waals surface area contributed by atoms with Gasteiger partial charge in [0.25, 0.3) is 0 Å². The van der Waals surface area contributed by atoms with Crippen LogP contribution >= 0.6 is 15.9 Å². The van der Waals surface area contributed by atoms with E-state index in [1.54, 1.807) is 0 Å². The van der Waals surface area contributed by atoms with Crippen LogP contribution in [0.4, 0.5) is 0 Å². The highest BCUT2D eigenvalue weighted by molar-refractivity contribution is 9.10. The van der Waals surface area contributed by atoms with Crippen LogP contribution in [0, 0.1) is 11.8 Å². The minimum atomic E-state index is 0.291. The van der Waals surface area contributed by atoms with Gasteiger partial charge in [-0.25, -0.2) is 0 Å². The van der Waals surface area contributed by atoms with Crippen LogP contribution in [-0.4, -0.2) is 6.04 Å². The molecular weight excluding hydrogens is 278 g/mol. The normalized spacial score (nSPS) is 31.4. The lowest BCUT2D eigenvalue weighted by Gasteiger charge is -2.36. The number of halogens is 1. The van der Waals surface area contributed by atoms with Crippen LogP contribution in [0.5, 0.6) is 0 Å². The zero-order chi connectivity index (χ0) is 12.4. The summed E-state index contributed by atoms with van der Waals surface area (Å²) < 4.78 is 6.41. The molecule has 0 saturated heterocycles. The van der Waals surface area contributed by atoms with Gasteiger partial charge >= 0.3 is 0 Å². The molecule has 1 fully saturated rings. The van der Waals surface area contributed by atoms with Crippen molar-refractivity contribution in [3.8, 4) is 0 Å². The number of hydrogen-bond acceptors (Lipinski definition) is 2. The largest absolute Gasteiger partial charge is 0.453 e. The Morgan fingerprint density at radius 1 is 1.35 bits per heavy atom. The predicted octanol–water partition coefficient (Wildman–Crippen LogP) is 4.52. The highest BCUT2D eigenvalue weighted by Crippen LogP contribution is 2.31. The van der Waals surface area contributed by atoms with Crippen molar-refractivity contribution in [2.75, 3.05) is 0 Å². The third-order valence-electron chi connectivity index (χ3n) is 4.19. The van der Waals surface area contributed by atoms with Crippen LogP contribution < -0.4 is 5.32 Å². The molecule has 1 aromatic heterocycles. The minimum Gasteiger partial charge on any atom is -0.453 e. The van der Waals surface area contributed by atoms with E-state index in [-0.39, 0.29) is 0 Å². The Bertz CT molecular complexity index is 363. The fourth-order valence-electron chi connectivity index (χ4n) is 2.78. The maximum Gasteiger partial charge on any atom is 0.169 e. The van der Waals surface area contributed by atoms with Gasteiger partial charge < -0.3 is 9.73 Å². The summed E-state index contributed by atoms with van der Waals surface area (Å²) in [6.45, 7) is 6.91. The fourth-order valence-corrected chi connectivity index (χ4v) is 3.10. The van der Waals surface area contributed by atoms with Gasteiger partial charge in [0.2, 0.25) is 0 Å². The van der Waals surface area contributed by atoms with Gasteiger partial charge in [0.05, 0.1) is 6.04 Å². The van der Waals surface area contributed by atoms with E-state index in [9.17, 15) is 0 Å². The Morgan fingerprint density at radius 2 is 2.12 bits per heavy atom. The van der Waals surface area contributed by atoms with Crippen molar-refractivity contribution in [3.63, 3.8) is 0 Å². The van der Waals surface area contributed by atoms with Gasteiger partial charge in [0, 0.05) is 6.04 Å². The molecule has 4 unspecified atom stereocenters. The lowest BCUT2D eigenvalue weighted by atomic mass is 9.78. The molecule has 2 nitrogen and oxygen atoms in total. The Kier molecular flexibility index (Phi) is 4.31. The third kappa shape index (κ3) is 3.14. The first kappa shape index (κ1) is 13.2. The molecule has 0 radical (unpaired) electrons. The summed E-state index contributed by atoms with van der Waals surface area (Å²) in [5, 5.41) is 3.71. The maximum absolute atomic E-state index is 5.60. The molecule has 0 aromatic carbocycles. The summed E-state index contributed by atoms with van der Waals surface area (Å²) in [6, 6.07) is 4.91. The Balaban J connectivity index is 1.96. The van der Waals surface area contributed by atoms with Crippen LogP contribution in [0.25, 0.3) is 0 Å². The molecule has 1 aliphatic carbocycles. The number of nitrogens with one attached hydrogen (secondary N) is 1. The molecule has 1 saturated carbocycles. The van der Waals surface area contributed by atoms with Gasteiger partial charge in [-0.05, 0) is 53.2 Å². The second kappa shape index (κ2) is 5.57. The van der Waals surface area contributed by atoms with Gasteiger partial charge in [-0.1, -0.05) is 26.7 Å². The average molecular weight is 300 g/mol. The smallest absolute Gasteiger partial charge is 0.169 e. The fraction of sp³-hybridized carbons (Fsp3) is 0.714. The molecule has 1 aromatic rings. The summed E-state index contributed by atoms with van der Waals surface area (Å²) in [7, 11) is 0. The molecule has 1 aliphatic rings. The van der Waals surface area contributed by atoms with E-state index in [1.165, 1.54) is 19.3 Å². The van der Waals surface area contributed by atoms with E-state index in [0.717, 1.165) is 22.3 Å². The zero-order valence-electron chi connectivity index (χ0n) is 10.9. The number of furan rings is 1. The van der Waals surface area contributed by atoms with Gasteiger partial charge in [0.15, 0.2) is 4.67 Å². The molecule has 96 valence electrons. The highest BCUT2D eigenvalue weighted by atomic mass is 79.9. The first-order valence-electron chi connectivity index (χ1n) is 6.59. The molecule has 3 heteroatoms. The van der Waals surface area contributed by atoms with Crippen LogP contribution in [0.15, 0.2) is 21.2 Å². The van der Waals surface area contributed by atoms with Crippen LogP contribution in [0.3, 0.4) is 0 Å². The van der Waals surface area contributed by atoms with E-state index in [4.69, 9.17) is 4.42 Å². The van der Waals surface area contributed by atoms with E-state index >= 15 is 0 Å². The quantitative estimate of drug-likeness (QED) is 0.888. The minimum absolute atomic E-state index is 0.291. The lowest BCUT2D eigenvalue weighted by molar-refractivity contribution is 0.191. The monoisotopic (exact) mass is 299 g/mol. The van der Waals surface area contributed by atoms with Crippen molar-refractivity contribution in [2.24, 2.45) is 11.8 Å². The van der Waals surface area contributed by atoms with E-state index in [0.29, 0.717) is 12.1 Å². The summed E-state index contributed by atoms with van der Waals surface area (Å²) in [5.74, 6) is 2.60. The molecule has 17 heavy (non-hydrogen) atoms. The summed E-state index contributed by atoms with van der Waals surface area (Å²) >= 11 is 3.35. The van der Waals surface area contributed by atoms with Gasteiger partial charge in [-0.15, -0.1) is 0 Å². The third-order valence-corrected chi connectivity index (χ3v) is 4.62. The molecular formula is C14H22BrNO. The van der Waals surface area contributed by atoms with E-state index in [2.05, 4.69) is 42.0 Å². The molecule has 2 rings (SSSR count). The van der Waals surface area contributed by atoms with Crippen LogP contribution in [-0.2, 0) is 0 Å². The molecule has 1 N–H and O–H groups in total. The van der Waals surface area contributed by atoms with Crippen molar-refractivity contribution >= 4 is 15.9 Å². The maximum atomic E-state index is 5.60. The van der Waals surface area contributed by atoms with E-state index < -0.39 is 0 Å². The molecule has 0 amide bonds. The zero-order valence-corrected chi connectivity index (χ0v) is 12.5. The molecule has 0 spiro atoms. The predicted molar refractivity (Wildman–Crippen MR) is 73.9 cm³/mol. The Hall–Kier alpha value is -0.280. The SMILES string of the molecule is CC(NC1CCCC(C)C1C)c1ccc(Br)o1. The second-order valence-electron chi connectivity index (χ2n) is 5.40. The summed E-state index contributed by atoms with van der Waals surface area (Å²) in [4.78, 5) is 0. The highest BCUT2D eigenvalue weighted by Gasteiger charge is 2.28. The van der Waals surface area contributed by atoms with Crippen LogP contribution in [0.2, 0.25) is 0 Å². The standard InChI is InChI=1S/C14H22BrNO/c1-9-5-4-6-12(10(9)2)16-11(3)13-7-8-14(15)17-13/h7-12,16H,4-6H2,1-3H3. The summed E-state index contributed by atoms with van der Waals surface area (Å²) in [6.07, 6.45) is 4.01. The van der Waals surface area contributed by atoms with Crippen molar-refractivity contribution in [3.05, 3.63) is 22.6 Å². The van der Waals surface area contributed by atoms with Crippen molar-refractivity contribution in [2.45, 2.75) is 52.1 Å². The van der Waals surface area contributed by atoms with Crippen molar-refractivity contribution < 1.29 is 4.42 Å². The summed E-state index contributed by atoms with van der Waals surface area (Å²) in [5.41, 5.74) is 0. The van der Waals surface area contributed by atoms with E-state index in [1.807, 2.05) is 12.1 Å². The van der Waals surface area contributed by atoms with Gasteiger partial charge in [-0.3, -0.25) is 0 Å². The second-order valence-corrected chi connectivity index (χ2v) is 6.19. The van der Waals surface area contributed by atoms with Crippen molar-refractivity contribution in [1.29, 1.82) is 0 Å².